The predicted molar refractivity (Wildman–Crippen MR) is 79.8 cm³/mol. The van der Waals surface area contributed by atoms with Crippen LogP contribution >= 0.6 is 0 Å². The summed E-state index contributed by atoms with van der Waals surface area (Å²) in [6, 6.07) is 8.45. The number of nitrogens with one attached hydrogen (secondary N) is 1. The first-order valence-corrected chi connectivity index (χ1v) is 7.40. The van der Waals surface area contributed by atoms with Crippen molar-refractivity contribution in [1.29, 1.82) is 0 Å². The Morgan fingerprint density at radius 3 is 2.52 bits per heavy atom. The number of hydrogen-bond donors (Lipinski definition) is 2. The summed E-state index contributed by atoms with van der Waals surface area (Å²) in [4.78, 5) is 26.2. The predicted octanol–water partition coefficient (Wildman–Crippen LogP) is 1.18. The van der Waals surface area contributed by atoms with E-state index in [0.717, 1.165) is 19.3 Å². The van der Waals surface area contributed by atoms with Crippen molar-refractivity contribution in [3.8, 4) is 0 Å². The summed E-state index contributed by atoms with van der Waals surface area (Å²) in [6.45, 7) is 1.96. The molecule has 1 fully saturated rings. The number of carbonyl (C=O) groups excluding carboxylic acids is 2. The molecule has 1 aromatic rings. The lowest BCUT2D eigenvalue weighted by atomic mass is 9.91. The molecule has 114 valence electrons. The quantitative estimate of drug-likeness (QED) is 0.826. The summed E-state index contributed by atoms with van der Waals surface area (Å²) in [5.41, 5.74) is 0.537. The van der Waals surface area contributed by atoms with E-state index in [1.807, 2.05) is 6.07 Å². The maximum absolute atomic E-state index is 12.4. The summed E-state index contributed by atoms with van der Waals surface area (Å²) in [5, 5.41) is 11.8. The van der Waals surface area contributed by atoms with Crippen molar-refractivity contribution in [1.82, 2.24) is 10.2 Å². The number of hydrogen-bond acceptors (Lipinski definition) is 3. The zero-order valence-electron chi connectivity index (χ0n) is 12.3. The topological polar surface area (TPSA) is 69.6 Å². The van der Waals surface area contributed by atoms with Crippen LogP contribution in [0.3, 0.4) is 0 Å². The molecule has 0 aromatic heterocycles. The van der Waals surface area contributed by atoms with Gasteiger partial charge in [-0.15, -0.1) is 0 Å². The van der Waals surface area contributed by atoms with Gasteiger partial charge in [-0.25, -0.2) is 0 Å². The van der Waals surface area contributed by atoms with Crippen LogP contribution in [0.2, 0.25) is 0 Å². The minimum atomic E-state index is -0.593. The molecule has 0 bridgehead atoms. The van der Waals surface area contributed by atoms with Crippen LogP contribution < -0.4 is 5.32 Å². The zero-order chi connectivity index (χ0) is 15.2. The van der Waals surface area contributed by atoms with Gasteiger partial charge in [0.15, 0.2) is 0 Å². The number of amides is 2. The monoisotopic (exact) mass is 290 g/mol. The second-order valence-electron chi connectivity index (χ2n) is 5.40. The van der Waals surface area contributed by atoms with Crippen molar-refractivity contribution in [2.75, 3.05) is 13.2 Å². The second-order valence-corrected chi connectivity index (χ2v) is 5.40. The molecule has 5 nitrogen and oxygen atoms in total. The van der Waals surface area contributed by atoms with Crippen LogP contribution in [0.25, 0.3) is 0 Å². The normalized spacial score (nSPS) is 15.9. The van der Waals surface area contributed by atoms with Crippen LogP contribution in [-0.2, 0) is 4.79 Å². The highest BCUT2D eigenvalue weighted by molar-refractivity contribution is 5.97. The van der Waals surface area contributed by atoms with Gasteiger partial charge in [-0.3, -0.25) is 9.59 Å². The van der Waals surface area contributed by atoms with E-state index in [9.17, 15) is 9.59 Å². The molecule has 1 atom stereocenters. The smallest absolute Gasteiger partial charge is 0.251 e. The molecule has 1 aliphatic rings. The van der Waals surface area contributed by atoms with Crippen LogP contribution in [0.4, 0.5) is 0 Å². The molecule has 0 radical (unpaired) electrons. The second kappa shape index (κ2) is 7.22. The highest BCUT2D eigenvalue weighted by Gasteiger charge is 2.31. The van der Waals surface area contributed by atoms with Gasteiger partial charge in [-0.1, -0.05) is 18.2 Å². The molecular weight excluding hydrogens is 268 g/mol. The van der Waals surface area contributed by atoms with Gasteiger partial charge in [0.25, 0.3) is 5.91 Å². The molecule has 0 heterocycles. The fraction of sp³-hybridized carbons (Fsp3) is 0.500. The van der Waals surface area contributed by atoms with Crippen LogP contribution in [0, 0.1) is 0 Å². The summed E-state index contributed by atoms with van der Waals surface area (Å²) in [7, 11) is 0. The molecule has 2 N–H and O–H groups in total. The Morgan fingerprint density at radius 1 is 1.33 bits per heavy atom. The molecule has 0 aliphatic heterocycles. The number of carbonyl (C=O) groups is 2. The first-order valence-electron chi connectivity index (χ1n) is 7.40. The zero-order valence-corrected chi connectivity index (χ0v) is 12.3. The number of aliphatic hydroxyl groups excluding tert-OH is 1. The Kier molecular flexibility index (Phi) is 5.33. The van der Waals surface area contributed by atoms with Gasteiger partial charge in [0.2, 0.25) is 5.91 Å². The molecule has 1 aromatic carbocycles. The van der Waals surface area contributed by atoms with E-state index in [2.05, 4.69) is 5.32 Å². The highest BCUT2D eigenvalue weighted by Crippen LogP contribution is 2.25. The maximum atomic E-state index is 12.4. The average Bonchev–Trinajstić information content (AvgIpc) is 2.45. The Hall–Kier alpha value is -1.88. The number of rotatable bonds is 6. The van der Waals surface area contributed by atoms with Crippen molar-refractivity contribution in [3.05, 3.63) is 35.9 Å². The van der Waals surface area contributed by atoms with Crippen molar-refractivity contribution < 1.29 is 14.7 Å². The van der Waals surface area contributed by atoms with E-state index in [1.54, 1.807) is 36.1 Å². The van der Waals surface area contributed by atoms with E-state index >= 15 is 0 Å². The number of aliphatic hydroxyl groups is 1. The van der Waals surface area contributed by atoms with Gasteiger partial charge in [-0.2, -0.15) is 0 Å². The Labute approximate surface area is 125 Å². The van der Waals surface area contributed by atoms with Gasteiger partial charge in [0.1, 0.15) is 6.04 Å². The standard InChI is InChI=1S/C16H22N2O3/c1-12(17-15(20)13-6-3-2-4-7-13)16(21)18(10-11-19)14-8-5-9-14/h2-4,6-7,12,14,19H,5,8-11H2,1H3,(H,17,20). The van der Waals surface area contributed by atoms with E-state index in [-0.39, 0.29) is 24.5 Å². The summed E-state index contributed by atoms with van der Waals surface area (Å²) < 4.78 is 0. The van der Waals surface area contributed by atoms with Crippen molar-refractivity contribution in [2.45, 2.75) is 38.3 Å². The van der Waals surface area contributed by atoms with Gasteiger partial charge in [0, 0.05) is 18.2 Å². The van der Waals surface area contributed by atoms with Crippen LogP contribution in [0.15, 0.2) is 30.3 Å². The lowest BCUT2D eigenvalue weighted by molar-refractivity contribution is -0.137. The third-order valence-electron chi connectivity index (χ3n) is 3.89. The SMILES string of the molecule is CC(NC(=O)c1ccccc1)C(=O)N(CCO)C1CCC1. The number of benzene rings is 1. The van der Waals surface area contributed by atoms with Crippen molar-refractivity contribution >= 4 is 11.8 Å². The number of nitrogens with zero attached hydrogens (tertiary/aromatic N) is 1. The maximum Gasteiger partial charge on any atom is 0.251 e. The molecule has 1 aliphatic carbocycles. The molecule has 5 heteroatoms. The fourth-order valence-electron chi connectivity index (χ4n) is 2.46. The third kappa shape index (κ3) is 3.82. The minimum absolute atomic E-state index is 0.0540. The molecule has 0 spiro atoms. The summed E-state index contributed by atoms with van der Waals surface area (Å²) in [5.74, 6) is -0.382. The van der Waals surface area contributed by atoms with Crippen LogP contribution in [-0.4, -0.2) is 47.1 Å². The molecule has 1 unspecified atom stereocenters. The van der Waals surface area contributed by atoms with Gasteiger partial charge < -0.3 is 15.3 Å². The van der Waals surface area contributed by atoms with Crippen molar-refractivity contribution in [3.63, 3.8) is 0 Å². The van der Waals surface area contributed by atoms with Crippen LogP contribution in [0.1, 0.15) is 36.5 Å². The van der Waals surface area contributed by atoms with Crippen molar-refractivity contribution in [2.24, 2.45) is 0 Å². The lowest BCUT2D eigenvalue weighted by Gasteiger charge is -2.38. The van der Waals surface area contributed by atoms with E-state index in [1.165, 1.54) is 0 Å². The molecule has 0 saturated heterocycles. The van der Waals surface area contributed by atoms with E-state index in [4.69, 9.17) is 5.11 Å². The third-order valence-corrected chi connectivity index (χ3v) is 3.89. The van der Waals surface area contributed by atoms with Gasteiger partial charge in [-0.05, 0) is 38.3 Å². The fourth-order valence-corrected chi connectivity index (χ4v) is 2.46. The largest absolute Gasteiger partial charge is 0.395 e. The van der Waals surface area contributed by atoms with Gasteiger partial charge >= 0.3 is 0 Å². The van der Waals surface area contributed by atoms with E-state index in [0.29, 0.717) is 12.1 Å². The highest BCUT2D eigenvalue weighted by atomic mass is 16.3. The van der Waals surface area contributed by atoms with Crippen LogP contribution in [0.5, 0.6) is 0 Å². The molecule has 21 heavy (non-hydrogen) atoms. The van der Waals surface area contributed by atoms with E-state index < -0.39 is 6.04 Å². The Morgan fingerprint density at radius 2 is 2.00 bits per heavy atom. The average molecular weight is 290 g/mol. The molecule has 1 saturated carbocycles. The molecule has 2 rings (SSSR count). The first kappa shape index (κ1) is 15.5. The summed E-state index contributed by atoms with van der Waals surface area (Å²) >= 11 is 0. The lowest BCUT2D eigenvalue weighted by Crippen LogP contribution is -2.53. The Bertz CT molecular complexity index is 486. The summed E-state index contributed by atoms with van der Waals surface area (Å²) in [6.07, 6.45) is 3.07. The molecule has 2 amide bonds. The first-order chi connectivity index (χ1) is 10.1. The Balaban J connectivity index is 1.96. The molecular formula is C16H22N2O3. The van der Waals surface area contributed by atoms with Gasteiger partial charge in [0.05, 0.1) is 6.61 Å². The minimum Gasteiger partial charge on any atom is -0.395 e.